The number of benzene rings is 1. The molecule has 0 bridgehead atoms. The molecule has 1 aromatic carbocycles. The van der Waals surface area contributed by atoms with Gasteiger partial charge in [-0.1, -0.05) is 38.1 Å². The quantitative estimate of drug-likeness (QED) is 0.697. The van der Waals surface area contributed by atoms with Crippen LogP contribution in [-0.2, 0) is 16.1 Å². The first-order chi connectivity index (χ1) is 12.5. The number of likely N-dealkylation sites (tertiary alicyclic amines) is 2. The fraction of sp³-hybridized carbons (Fsp3) is 0.682. The van der Waals surface area contributed by atoms with Crippen LogP contribution in [0.3, 0.4) is 0 Å². The van der Waals surface area contributed by atoms with Gasteiger partial charge in [0.2, 0.25) is 5.91 Å². The molecular formula is C22H34N2O2. The Labute approximate surface area is 158 Å². The summed E-state index contributed by atoms with van der Waals surface area (Å²) >= 11 is 0. The molecule has 0 aromatic heterocycles. The molecule has 0 saturated carbocycles. The van der Waals surface area contributed by atoms with Crippen LogP contribution in [0.25, 0.3) is 0 Å². The summed E-state index contributed by atoms with van der Waals surface area (Å²) in [4.78, 5) is 17.8. The highest BCUT2D eigenvalue weighted by molar-refractivity contribution is 5.84. The second kappa shape index (κ2) is 8.53. The van der Waals surface area contributed by atoms with Gasteiger partial charge in [-0.2, -0.15) is 0 Å². The highest BCUT2D eigenvalue weighted by Gasteiger charge is 2.47. The number of rotatable bonds is 7. The van der Waals surface area contributed by atoms with Crippen molar-refractivity contribution >= 4 is 5.91 Å². The third kappa shape index (κ3) is 4.29. The van der Waals surface area contributed by atoms with Gasteiger partial charge in [0.15, 0.2) is 0 Å². The van der Waals surface area contributed by atoms with Crippen LogP contribution in [0.15, 0.2) is 24.3 Å². The van der Waals surface area contributed by atoms with Gasteiger partial charge < -0.3 is 14.5 Å². The van der Waals surface area contributed by atoms with E-state index in [0.717, 1.165) is 65.0 Å². The summed E-state index contributed by atoms with van der Waals surface area (Å²) in [6.45, 7) is 9.90. The van der Waals surface area contributed by atoms with Crippen molar-refractivity contribution in [3.8, 4) is 0 Å². The van der Waals surface area contributed by atoms with Crippen molar-refractivity contribution in [2.45, 2.75) is 52.0 Å². The number of carbonyl (C=O) groups excluding carboxylic acids is 1. The van der Waals surface area contributed by atoms with E-state index in [0.29, 0.717) is 11.8 Å². The Morgan fingerprint density at radius 2 is 1.92 bits per heavy atom. The van der Waals surface area contributed by atoms with Crippen LogP contribution in [-0.4, -0.2) is 55.6 Å². The lowest BCUT2D eigenvalue weighted by Gasteiger charge is -2.39. The summed E-state index contributed by atoms with van der Waals surface area (Å²) < 4.78 is 5.16. The van der Waals surface area contributed by atoms with Gasteiger partial charge in [0.05, 0.1) is 5.41 Å². The van der Waals surface area contributed by atoms with Gasteiger partial charge in [0, 0.05) is 39.9 Å². The van der Waals surface area contributed by atoms with Crippen LogP contribution in [0.2, 0.25) is 0 Å². The Bertz CT molecular complexity index is 599. The summed E-state index contributed by atoms with van der Waals surface area (Å²) in [5.74, 6) is 0.928. The lowest BCUT2D eigenvalue weighted by molar-refractivity contribution is -0.146. The molecule has 0 unspecified atom stereocenters. The number of amides is 1. The predicted octanol–water partition coefficient (Wildman–Crippen LogP) is 3.66. The number of carbonyl (C=O) groups is 1. The van der Waals surface area contributed by atoms with E-state index in [1.165, 1.54) is 11.1 Å². The molecule has 2 aliphatic heterocycles. The first-order valence-corrected chi connectivity index (χ1v) is 10.1. The standard InChI is InChI=1S/C22H34N2O2/c1-18(2)20-8-6-19(7-9-20)16-24-13-4-10-22(21(24)25)11-14-23(17-22)12-5-15-26-3/h6-9,18H,4-5,10-17H2,1-3H3/t22-/m0/s1. The Morgan fingerprint density at radius 3 is 2.62 bits per heavy atom. The number of hydrogen-bond donors (Lipinski definition) is 0. The second-order valence-electron chi connectivity index (χ2n) is 8.38. The zero-order valence-corrected chi connectivity index (χ0v) is 16.7. The average Bonchev–Trinajstić information content (AvgIpc) is 3.04. The lowest BCUT2D eigenvalue weighted by atomic mass is 9.78. The minimum atomic E-state index is -0.136. The van der Waals surface area contributed by atoms with E-state index >= 15 is 0 Å². The molecule has 0 N–H and O–H groups in total. The lowest BCUT2D eigenvalue weighted by Crippen LogP contribution is -2.49. The topological polar surface area (TPSA) is 32.8 Å². The first kappa shape index (κ1) is 19.4. The molecule has 2 saturated heterocycles. The van der Waals surface area contributed by atoms with Crippen molar-refractivity contribution < 1.29 is 9.53 Å². The van der Waals surface area contributed by atoms with E-state index in [4.69, 9.17) is 4.74 Å². The molecule has 2 aliphatic rings. The molecule has 4 heteroatoms. The Morgan fingerprint density at radius 1 is 1.15 bits per heavy atom. The summed E-state index contributed by atoms with van der Waals surface area (Å²) in [7, 11) is 1.75. The third-order valence-corrected chi connectivity index (χ3v) is 6.10. The molecule has 1 atom stereocenters. The Hall–Kier alpha value is -1.39. The molecule has 144 valence electrons. The maximum Gasteiger partial charge on any atom is 0.230 e. The average molecular weight is 359 g/mol. The van der Waals surface area contributed by atoms with E-state index < -0.39 is 0 Å². The fourth-order valence-corrected chi connectivity index (χ4v) is 4.49. The summed E-state index contributed by atoms with van der Waals surface area (Å²) in [5, 5.41) is 0. The molecule has 1 spiro atoms. The van der Waals surface area contributed by atoms with Gasteiger partial charge in [-0.15, -0.1) is 0 Å². The van der Waals surface area contributed by atoms with Gasteiger partial charge in [-0.3, -0.25) is 4.79 Å². The van der Waals surface area contributed by atoms with E-state index in [1.54, 1.807) is 7.11 Å². The van der Waals surface area contributed by atoms with Gasteiger partial charge >= 0.3 is 0 Å². The van der Waals surface area contributed by atoms with Crippen molar-refractivity contribution in [3.05, 3.63) is 35.4 Å². The van der Waals surface area contributed by atoms with Crippen molar-refractivity contribution in [2.24, 2.45) is 5.41 Å². The minimum Gasteiger partial charge on any atom is -0.385 e. The van der Waals surface area contributed by atoms with Crippen molar-refractivity contribution in [3.63, 3.8) is 0 Å². The normalized spacial score (nSPS) is 24.2. The second-order valence-corrected chi connectivity index (χ2v) is 8.38. The van der Waals surface area contributed by atoms with Gasteiger partial charge in [0.25, 0.3) is 0 Å². The van der Waals surface area contributed by atoms with Crippen LogP contribution in [0, 0.1) is 5.41 Å². The van der Waals surface area contributed by atoms with Crippen LogP contribution >= 0.6 is 0 Å². The van der Waals surface area contributed by atoms with Gasteiger partial charge in [-0.05, 0) is 49.3 Å². The number of nitrogens with zero attached hydrogens (tertiary/aromatic N) is 2. The number of methoxy groups -OCH3 is 1. The van der Waals surface area contributed by atoms with Gasteiger partial charge in [-0.25, -0.2) is 0 Å². The Kier molecular flexibility index (Phi) is 6.36. The SMILES string of the molecule is COCCCN1CC[C@@]2(CCCN(Cc3ccc(C(C)C)cc3)C2=O)C1. The maximum absolute atomic E-state index is 13.3. The Balaban J connectivity index is 1.61. The van der Waals surface area contributed by atoms with Crippen molar-refractivity contribution in [1.29, 1.82) is 0 Å². The van der Waals surface area contributed by atoms with Crippen LogP contribution in [0.4, 0.5) is 0 Å². The van der Waals surface area contributed by atoms with E-state index in [2.05, 4.69) is 47.9 Å². The number of hydrogen-bond acceptors (Lipinski definition) is 3. The molecule has 4 nitrogen and oxygen atoms in total. The zero-order valence-electron chi connectivity index (χ0n) is 16.7. The predicted molar refractivity (Wildman–Crippen MR) is 105 cm³/mol. The largest absolute Gasteiger partial charge is 0.385 e. The molecule has 1 aromatic rings. The van der Waals surface area contributed by atoms with Crippen molar-refractivity contribution in [2.75, 3.05) is 39.9 Å². The highest BCUT2D eigenvalue weighted by Crippen LogP contribution is 2.40. The maximum atomic E-state index is 13.3. The monoisotopic (exact) mass is 358 g/mol. The zero-order chi connectivity index (χ0) is 18.6. The third-order valence-electron chi connectivity index (χ3n) is 6.10. The molecular weight excluding hydrogens is 324 g/mol. The van der Waals surface area contributed by atoms with Crippen LogP contribution in [0.5, 0.6) is 0 Å². The minimum absolute atomic E-state index is 0.136. The van der Waals surface area contributed by atoms with E-state index in [-0.39, 0.29) is 5.41 Å². The molecule has 26 heavy (non-hydrogen) atoms. The van der Waals surface area contributed by atoms with Crippen molar-refractivity contribution in [1.82, 2.24) is 9.80 Å². The molecule has 2 fully saturated rings. The van der Waals surface area contributed by atoms with E-state index in [9.17, 15) is 4.79 Å². The molecule has 0 aliphatic carbocycles. The summed E-state index contributed by atoms with van der Waals surface area (Å²) in [5.41, 5.74) is 2.47. The number of piperidine rings is 1. The highest BCUT2D eigenvalue weighted by atomic mass is 16.5. The fourth-order valence-electron chi connectivity index (χ4n) is 4.49. The summed E-state index contributed by atoms with van der Waals surface area (Å²) in [6.07, 6.45) is 4.24. The summed E-state index contributed by atoms with van der Waals surface area (Å²) in [6, 6.07) is 8.79. The smallest absolute Gasteiger partial charge is 0.230 e. The first-order valence-electron chi connectivity index (χ1n) is 10.1. The molecule has 1 amide bonds. The molecule has 3 rings (SSSR count). The van der Waals surface area contributed by atoms with Gasteiger partial charge in [0.1, 0.15) is 0 Å². The number of ether oxygens (including phenoxy) is 1. The van der Waals surface area contributed by atoms with Crippen LogP contribution in [0.1, 0.15) is 56.6 Å². The molecule has 0 radical (unpaired) electrons. The molecule has 2 heterocycles. The van der Waals surface area contributed by atoms with Crippen LogP contribution < -0.4 is 0 Å². The van der Waals surface area contributed by atoms with E-state index in [1.807, 2.05) is 0 Å².